The Bertz CT molecular complexity index is 624. The van der Waals surface area contributed by atoms with Crippen molar-refractivity contribution in [3.05, 3.63) is 29.3 Å². The number of piperazine rings is 1. The van der Waals surface area contributed by atoms with Gasteiger partial charge in [0.2, 0.25) is 11.8 Å². The van der Waals surface area contributed by atoms with Gasteiger partial charge in [-0.15, -0.1) is 0 Å². The van der Waals surface area contributed by atoms with Crippen LogP contribution in [0.15, 0.2) is 18.2 Å². The zero-order valence-corrected chi connectivity index (χ0v) is 14.1. The molecule has 1 heterocycles. The largest absolute Gasteiger partial charge is 0.508 e. The molecule has 1 aromatic rings. The molecule has 1 saturated heterocycles. The second-order valence-electron chi connectivity index (χ2n) is 6.50. The Morgan fingerprint density at radius 2 is 2.00 bits per heavy atom. The normalized spacial score (nSPS) is 20.7. The van der Waals surface area contributed by atoms with Crippen LogP contribution in [0.4, 0.5) is 0 Å². The van der Waals surface area contributed by atoms with Gasteiger partial charge in [-0.25, -0.2) is 0 Å². The van der Waals surface area contributed by atoms with Gasteiger partial charge in [0.05, 0.1) is 12.5 Å². The number of likely N-dealkylation sites (N-methyl/N-ethyl adjacent to an activating group) is 1. The van der Waals surface area contributed by atoms with E-state index in [1.807, 2.05) is 24.0 Å². The van der Waals surface area contributed by atoms with Crippen molar-refractivity contribution in [2.75, 3.05) is 39.3 Å². The monoisotopic (exact) mass is 331 g/mol. The van der Waals surface area contributed by atoms with Crippen molar-refractivity contribution >= 4 is 11.8 Å². The molecule has 130 valence electrons. The van der Waals surface area contributed by atoms with Crippen molar-refractivity contribution in [3.8, 4) is 5.75 Å². The van der Waals surface area contributed by atoms with Crippen molar-refractivity contribution in [2.45, 2.75) is 25.7 Å². The second kappa shape index (κ2) is 7.21. The number of nitrogens with zero attached hydrogens (tertiary/aromatic N) is 2. The predicted octanol–water partition coefficient (Wildman–Crippen LogP) is 0.702. The van der Waals surface area contributed by atoms with E-state index in [9.17, 15) is 14.7 Å². The molecule has 0 spiro atoms. The Kier molecular flexibility index (Phi) is 5.04. The third-order valence-electron chi connectivity index (χ3n) is 4.95. The summed E-state index contributed by atoms with van der Waals surface area (Å²) >= 11 is 0. The zero-order valence-electron chi connectivity index (χ0n) is 14.1. The quantitative estimate of drug-likeness (QED) is 0.852. The summed E-state index contributed by atoms with van der Waals surface area (Å²) in [6.07, 6.45) is 1.61. The minimum atomic E-state index is -0.226. The van der Waals surface area contributed by atoms with Crippen molar-refractivity contribution in [3.63, 3.8) is 0 Å². The van der Waals surface area contributed by atoms with Crippen LogP contribution in [-0.4, -0.2) is 66.0 Å². The standard InChI is InChI=1S/C18H25N3O3/c1-2-19-16(23)12-20-8-10-21(11-9-20)18(24)14-7-6-13-4-3-5-15(22)17(13)14/h3-5,14,22H,2,6-12H2,1H3,(H,19,23). The summed E-state index contributed by atoms with van der Waals surface area (Å²) < 4.78 is 0. The molecule has 1 aliphatic heterocycles. The van der Waals surface area contributed by atoms with E-state index >= 15 is 0 Å². The third kappa shape index (κ3) is 3.38. The molecular formula is C18H25N3O3. The van der Waals surface area contributed by atoms with Crippen molar-refractivity contribution in [1.82, 2.24) is 15.1 Å². The topological polar surface area (TPSA) is 72.9 Å². The SMILES string of the molecule is CCNC(=O)CN1CCN(C(=O)C2CCc3cccc(O)c32)CC1. The number of nitrogens with one attached hydrogen (secondary N) is 1. The number of aromatic hydroxyl groups is 1. The van der Waals surface area contributed by atoms with Crippen LogP contribution in [0.5, 0.6) is 5.75 Å². The molecule has 3 rings (SSSR count). The van der Waals surface area contributed by atoms with Crippen LogP contribution >= 0.6 is 0 Å². The summed E-state index contributed by atoms with van der Waals surface area (Å²) in [7, 11) is 0. The van der Waals surface area contributed by atoms with E-state index in [2.05, 4.69) is 10.2 Å². The zero-order chi connectivity index (χ0) is 17.1. The lowest BCUT2D eigenvalue weighted by Crippen LogP contribution is -2.51. The van der Waals surface area contributed by atoms with Crippen molar-refractivity contribution in [1.29, 1.82) is 0 Å². The first-order valence-corrected chi connectivity index (χ1v) is 8.68. The molecular weight excluding hydrogens is 306 g/mol. The van der Waals surface area contributed by atoms with Crippen LogP contribution < -0.4 is 5.32 Å². The molecule has 0 radical (unpaired) electrons. The number of carbonyl (C=O) groups is 2. The van der Waals surface area contributed by atoms with Crippen LogP contribution in [0.3, 0.4) is 0 Å². The lowest BCUT2D eigenvalue weighted by Gasteiger charge is -2.35. The van der Waals surface area contributed by atoms with Crippen LogP contribution in [0.2, 0.25) is 0 Å². The number of benzene rings is 1. The van der Waals surface area contributed by atoms with Gasteiger partial charge in [-0.1, -0.05) is 12.1 Å². The highest BCUT2D eigenvalue weighted by atomic mass is 16.3. The minimum absolute atomic E-state index is 0.0342. The summed E-state index contributed by atoms with van der Waals surface area (Å²) in [4.78, 5) is 28.5. The average molecular weight is 331 g/mol. The first kappa shape index (κ1) is 16.8. The summed E-state index contributed by atoms with van der Waals surface area (Å²) in [6, 6.07) is 5.49. The minimum Gasteiger partial charge on any atom is -0.508 e. The van der Waals surface area contributed by atoms with Crippen LogP contribution in [0.25, 0.3) is 0 Å². The van der Waals surface area contributed by atoms with E-state index in [0.717, 1.165) is 24.0 Å². The molecule has 6 nitrogen and oxygen atoms in total. The van der Waals surface area contributed by atoms with E-state index < -0.39 is 0 Å². The fourth-order valence-corrected chi connectivity index (χ4v) is 3.71. The van der Waals surface area contributed by atoms with Gasteiger partial charge in [0.15, 0.2) is 0 Å². The molecule has 1 unspecified atom stereocenters. The van der Waals surface area contributed by atoms with Gasteiger partial charge in [0.25, 0.3) is 0 Å². The van der Waals surface area contributed by atoms with Crippen LogP contribution in [0, 0.1) is 0 Å². The third-order valence-corrected chi connectivity index (χ3v) is 4.95. The molecule has 1 fully saturated rings. The number of aryl methyl sites for hydroxylation is 1. The highest BCUT2D eigenvalue weighted by Gasteiger charge is 2.35. The van der Waals surface area contributed by atoms with Gasteiger partial charge in [0.1, 0.15) is 5.75 Å². The van der Waals surface area contributed by atoms with Crippen LogP contribution in [-0.2, 0) is 16.0 Å². The molecule has 1 atom stereocenters. The molecule has 0 saturated carbocycles. The Morgan fingerprint density at radius 3 is 2.71 bits per heavy atom. The van der Waals surface area contributed by atoms with Crippen LogP contribution in [0.1, 0.15) is 30.4 Å². The van der Waals surface area contributed by atoms with E-state index in [1.54, 1.807) is 6.07 Å². The fraction of sp³-hybridized carbons (Fsp3) is 0.556. The maximum absolute atomic E-state index is 12.9. The van der Waals surface area contributed by atoms with Gasteiger partial charge in [-0.3, -0.25) is 14.5 Å². The second-order valence-corrected chi connectivity index (χ2v) is 6.50. The summed E-state index contributed by atoms with van der Waals surface area (Å²) in [5.74, 6) is 0.147. The number of amides is 2. The Hall–Kier alpha value is -2.08. The number of phenols is 1. The molecule has 24 heavy (non-hydrogen) atoms. The highest BCUT2D eigenvalue weighted by Crippen LogP contribution is 2.39. The van der Waals surface area contributed by atoms with Crippen molar-refractivity contribution < 1.29 is 14.7 Å². The van der Waals surface area contributed by atoms with Crippen molar-refractivity contribution in [2.24, 2.45) is 0 Å². The predicted molar refractivity (Wildman–Crippen MR) is 90.9 cm³/mol. The van der Waals surface area contributed by atoms with Gasteiger partial charge >= 0.3 is 0 Å². The number of carbonyl (C=O) groups excluding carboxylic acids is 2. The summed E-state index contributed by atoms with van der Waals surface area (Å²) in [5.41, 5.74) is 1.90. The van der Waals surface area contributed by atoms with Gasteiger partial charge in [0, 0.05) is 38.3 Å². The van der Waals surface area contributed by atoms with E-state index in [0.29, 0.717) is 39.3 Å². The average Bonchev–Trinajstić information content (AvgIpc) is 3.00. The van der Waals surface area contributed by atoms with E-state index in [-0.39, 0.29) is 23.5 Å². The molecule has 2 N–H and O–H groups in total. The highest BCUT2D eigenvalue weighted by molar-refractivity contribution is 5.86. The molecule has 0 aromatic heterocycles. The number of fused-ring (bicyclic) bond motifs is 1. The van der Waals surface area contributed by atoms with Gasteiger partial charge in [-0.05, 0) is 31.4 Å². The molecule has 1 aliphatic carbocycles. The molecule has 6 heteroatoms. The number of hydrogen-bond donors (Lipinski definition) is 2. The van der Waals surface area contributed by atoms with Gasteiger partial charge < -0.3 is 15.3 Å². The number of hydrogen-bond acceptors (Lipinski definition) is 4. The summed E-state index contributed by atoms with van der Waals surface area (Å²) in [5, 5.41) is 12.9. The molecule has 1 aromatic carbocycles. The van der Waals surface area contributed by atoms with E-state index in [4.69, 9.17) is 0 Å². The Balaban J connectivity index is 1.58. The molecule has 2 aliphatic rings. The first-order valence-electron chi connectivity index (χ1n) is 8.68. The number of rotatable bonds is 4. The maximum atomic E-state index is 12.9. The van der Waals surface area contributed by atoms with E-state index in [1.165, 1.54) is 0 Å². The first-order chi connectivity index (χ1) is 11.6. The Morgan fingerprint density at radius 1 is 1.25 bits per heavy atom. The lowest BCUT2D eigenvalue weighted by molar-refractivity contribution is -0.134. The molecule has 0 bridgehead atoms. The van der Waals surface area contributed by atoms with Gasteiger partial charge in [-0.2, -0.15) is 0 Å². The fourth-order valence-electron chi connectivity index (χ4n) is 3.71. The molecule has 2 amide bonds. The number of phenolic OH excluding ortho intramolecular Hbond substituents is 1. The summed E-state index contributed by atoms with van der Waals surface area (Å²) in [6.45, 7) is 5.63. The lowest BCUT2D eigenvalue weighted by atomic mass is 9.98. The maximum Gasteiger partial charge on any atom is 0.234 e. The smallest absolute Gasteiger partial charge is 0.234 e. The Labute approximate surface area is 142 Å².